The van der Waals surface area contributed by atoms with Gasteiger partial charge in [0.2, 0.25) is 0 Å². The second kappa shape index (κ2) is 8.99. The first-order valence-corrected chi connectivity index (χ1v) is 9.00. The molecule has 0 saturated carbocycles. The Morgan fingerprint density at radius 1 is 1.00 bits per heavy atom. The number of ketones is 1. The van der Waals surface area contributed by atoms with Crippen LogP contribution in [-0.2, 0) is 16.0 Å². The Bertz CT molecular complexity index is 1040. The van der Waals surface area contributed by atoms with Crippen molar-refractivity contribution in [3.63, 3.8) is 0 Å². The topological polar surface area (TPSA) is 82.8 Å². The maximum atomic E-state index is 11.9. The number of hydrogen-bond acceptors (Lipinski definition) is 6. The highest BCUT2D eigenvalue weighted by Gasteiger charge is 2.11. The number of aryl methyl sites for hydroxylation is 1. The van der Waals surface area contributed by atoms with Gasteiger partial charge in [-0.25, -0.2) is 9.59 Å². The zero-order valence-corrected chi connectivity index (χ0v) is 15.5. The smallest absolute Gasteiger partial charge is 0.344 e. The van der Waals surface area contributed by atoms with E-state index >= 15 is 0 Å². The summed E-state index contributed by atoms with van der Waals surface area (Å²) < 4.78 is 15.6. The van der Waals surface area contributed by atoms with E-state index in [2.05, 4.69) is 0 Å². The highest BCUT2D eigenvalue weighted by atomic mass is 16.6. The number of fused-ring (bicyclic) bond motifs is 1. The van der Waals surface area contributed by atoms with Gasteiger partial charge in [0.15, 0.2) is 19.0 Å². The first-order chi connectivity index (χ1) is 13.6. The molecule has 0 atom stereocenters. The van der Waals surface area contributed by atoms with Crippen molar-refractivity contribution in [2.24, 2.45) is 0 Å². The van der Waals surface area contributed by atoms with E-state index in [4.69, 9.17) is 13.9 Å². The van der Waals surface area contributed by atoms with Gasteiger partial charge < -0.3 is 13.9 Å². The lowest BCUT2D eigenvalue weighted by Gasteiger charge is -2.09. The summed E-state index contributed by atoms with van der Waals surface area (Å²) in [4.78, 5) is 35.5. The summed E-state index contributed by atoms with van der Waals surface area (Å²) in [5.41, 5.74) is 1.37. The minimum Gasteiger partial charge on any atom is -0.482 e. The van der Waals surface area contributed by atoms with Gasteiger partial charge in [0, 0.05) is 23.1 Å². The van der Waals surface area contributed by atoms with Crippen molar-refractivity contribution in [2.45, 2.75) is 19.8 Å². The Balaban J connectivity index is 1.59. The second-order valence-corrected chi connectivity index (χ2v) is 6.24. The van der Waals surface area contributed by atoms with Crippen molar-refractivity contribution < 1.29 is 23.5 Å². The molecular formula is C22H20O6. The van der Waals surface area contributed by atoms with Crippen molar-refractivity contribution in [2.75, 3.05) is 13.2 Å². The number of carbonyl (C=O) groups excluding carboxylic acids is 2. The summed E-state index contributed by atoms with van der Waals surface area (Å²) in [6.07, 6.45) is 1.68. The molecule has 3 aromatic rings. The molecule has 6 nitrogen and oxygen atoms in total. The lowest BCUT2D eigenvalue weighted by atomic mass is 10.1. The zero-order valence-electron chi connectivity index (χ0n) is 15.5. The number of benzene rings is 2. The molecule has 0 unspecified atom stereocenters. The van der Waals surface area contributed by atoms with Gasteiger partial charge in [-0.15, -0.1) is 0 Å². The number of rotatable bonds is 8. The number of Topliss-reactive ketones (excluding diaryl/α,β-unsaturated/α-hetero) is 1. The second-order valence-electron chi connectivity index (χ2n) is 6.24. The van der Waals surface area contributed by atoms with Crippen LogP contribution in [0.4, 0.5) is 0 Å². The Labute approximate surface area is 161 Å². The number of esters is 1. The van der Waals surface area contributed by atoms with Gasteiger partial charge >= 0.3 is 11.6 Å². The van der Waals surface area contributed by atoms with Gasteiger partial charge in [-0.05, 0) is 24.1 Å². The molecule has 0 saturated heterocycles. The fourth-order valence-corrected chi connectivity index (χ4v) is 2.81. The average molecular weight is 380 g/mol. The van der Waals surface area contributed by atoms with E-state index in [1.807, 2.05) is 6.92 Å². The molecule has 0 spiro atoms. The molecule has 28 heavy (non-hydrogen) atoms. The summed E-state index contributed by atoms with van der Waals surface area (Å²) in [7, 11) is 0. The van der Waals surface area contributed by atoms with Crippen LogP contribution in [-0.4, -0.2) is 25.0 Å². The van der Waals surface area contributed by atoms with E-state index in [0.717, 1.165) is 23.8 Å². The molecular weight excluding hydrogens is 360 g/mol. The van der Waals surface area contributed by atoms with Crippen LogP contribution in [0.1, 0.15) is 29.3 Å². The van der Waals surface area contributed by atoms with Crippen molar-refractivity contribution in [3.05, 3.63) is 76.1 Å². The van der Waals surface area contributed by atoms with Gasteiger partial charge in [-0.3, -0.25) is 4.79 Å². The zero-order chi connectivity index (χ0) is 19.9. The molecule has 0 bridgehead atoms. The first kappa shape index (κ1) is 19.4. The largest absolute Gasteiger partial charge is 0.482 e. The monoisotopic (exact) mass is 380 g/mol. The summed E-state index contributed by atoms with van der Waals surface area (Å²) in [6, 6.07) is 15.1. The summed E-state index contributed by atoms with van der Waals surface area (Å²) in [5, 5.41) is 0.838. The standard InChI is InChI=1S/C22H20O6/c1-2-6-16-11-21(24)28-20-12-17(9-10-18(16)20)26-14-22(25)27-13-19(23)15-7-4-3-5-8-15/h3-5,7-12H,2,6,13-14H2,1H3. The van der Waals surface area contributed by atoms with E-state index in [1.54, 1.807) is 48.5 Å². The third-order valence-electron chi connectivity index (χ3n) is 4.14. The molecule has 0 radical (unpaired) electrons. The van der Waals surface area contributed by atoms with Crippen LogP contribution < -0.4 is 10.4 Å². The Hall–Kier alpha value is -3.41. The Morgan fingerprint density at radius 2 is 1.79 bits per heavy atom. The van der Waals surface area contributed by atoms with Crippen LogP contribution in [0, 0.1) is 0 Å². The predicted octanol–water partition coefficient (Wildman–Crippen LogP) is 3.55. The third kappa shape index (κ3) is 4.85. The summed E-state index contributed by atoms with van der Waals surface area (Å²) in [6.45, 7) is 1.33. The van der Waals surface area contributed by atoms with Crippen molar-refractivity contribution in [1.82, 2.24) is 0 Å². The Kier molecular flexibility index (Phi) is 6.22. The molecule has 3 rings (SSSR count). The average Bonchev–Trinajstić information content (AvgIpc) is 2.71. The van der Waals surface area contributed by atoms with Gasteiger partial charge in [0.05, 0.1) is 0 Å². The van der Waals surface area contributed by atoms with Crippen LogP contribution in [0.5, 0.6) is 5.75 Å². The van der Waals surface area contributed by atoms with Crippen molar-refractivity contribution >= 4 is 22.7 Å². The van der Waals surface area contributed by atoms with Gasteiger partial charge in [-0.1, -0.05) is 43.7 Å². The van der Waals surface area contributed by atoms with Gasteiger partial charge in [0.1, 0.15) is 11.3 Å². The van der Waals surface area contributed by atoms with Gasteiger partial charge in [-0.2, -0.15) is 0 Å². The highest BCUT2D eigenvalue weighted by Crippen LogP contribution is 2.23. The van der Waals surface area contributed by atoms with E-state index in [1.165, 1.54) is 6.07 Å². The maximum Gasteiger partial charge on any atom is 0.344 e. The minimum absolute atomic E-state index is 0.287. The minimum atomic E-state index is -0.662. The lowest BCUT2D eigenvalue weighted by molar-refractivity contribution is -0.144. The van der Waals surface area contributed by atoms with E-state index in [9.17, 15) is 14.4 Å². The number of hydrogen-bond donors (Lipinski definition) is 0. The molecule has 0 amide bonds. The lowest BCUT2D eigenvalue weighted by Crippen LogP contribution is -2.19. The van der Waals surface area contributed by atoms with Crippen LogP contribution in [0.3, 0.4) is 0 Å². The number of ether oxygens (including phenoxy) is 2. The predicted molar refractivity (Wildman–Crippen MR) is 104 cm³/mol. The van der Waals surface area contributed by atoms with Crippen molar-refractivity contribution in [1.29, 1.82) is 0 Å². The fourth-order valence-electron chi connectivity index (χ4n) is 2.81. The van der Waals surface area contributed by atoms with E-state index in [-0.39, 0.29) is 19.0 Å². The van der Waals surface area contributed by atoms with Crippen LogP contribution in [0.15, 0.2) is 63.8 Å². The maximum absolute atomic E-state index is 11.9. The van der Waals surface area contributed by atoms with Gasteiger partial charge in [0.25, 0.3) is 0 Å². The normalized spacial score (nSPS) is 10.6. The molecule has 1 heterocycles. The number of carbonyl (C=O) groups is 2. The summed E-state index contributed by atoms with van der Waals surface area (Å²) in [5.74, 6) is -0.578. The molecule has 0 N–H and O–H groups in total. The molecule has 2 aromatic carbocycles. The van der Waals surface area contributed by atoms with Crippen LogP contribution in [0.2, 0.25) is 0 Å². The van der Waals surface area contributed by atoms with Crippen molar-refractivity contribution in [3.8, 4) is 5.75 Å². The molecule has 0 fully saturated rings. The highest BCUT2D eigenvalue weighted by molar-refractivity contribution is 5.97. The van der Waals surface area contributed by atoms with E-state index in [0.29, 0.717) is 16.9 Å². The fraction of sp³-hybridized carbons (Fsp3) is 0.227. The molecule has 6 heteroatoms. The first-order valence-electron chi connectivity index (χ1n) is 9.00. The molecule has 1 aromatic heterocycles. The van der Waals surface area contributed by atoms with Crippen LogP contribution in [0.25, 0.3) is 11.0 Å². The summed E-state index contributed by atoms with van der Waals surface area (Å²) >= 11 is 0. The van der Waals surface area contributed by atoms with E-state index < -0.39 is 11.6 Å². The molecule has 144 valence electrons. The quantitative estimate of drug-likeness (QED) is 0.338. The molecule has 0 aliphatic carbocycles. The third-order valence-corrected chi connectivity index (χ3v) is 4.14. The SMILES string of the molecule is CCCc1cc(=O)oc2cc(OCC(=O)OCC(=O)c3ccccc3)ccc12. The Morgan fingerprint density at radius 3 is 2.54 bits per heavy atom. The molecule has 0 aliphatic rings. The van der Waals surface area contributed by atoms with Crippen LogP contribution >= 0.6 is 0 Å². The molecule has 0 aliphatic heterocycles.